The zero-order valence-corrected chi connectivity index (χ0v) is 23.3. The lowest BCUT2D eigenvalue weighted by atomic mass is 9.69. The van der Waals surface area contributed by atoms with E-state index in [1.54, 1.807) is 0 Å². The summed E-state index contributed by atoms with van der Waals surface area (Å²) < 4.78 is 6.17. The fourth-order valence-corrected chi connectivity index (χ4v) is 6.37. The lowest BCUT2D eigenvalue weighted by Crippen LogP contribution is -2.44. The first-order valence-corrected chi connectivity index (χ1v) is 15.4. The highest BCUT2D eigenvalue weighted by atomic mass is 28.4. The highest BCUT2D eigenvalue weighted by Crippen LogP contribution is 2.66. The molecule has 1 aromatic carbocycles. The molecule has 0 radical (unpaired) electrons. The number of ketones is 1. The standard InChI is InChI=1S/C28H45NO3Si/c1-26(2,3)33(8,9)32-19-22(30)18-29(7)17-21-12-10-20(11-13-21)16-24-25(31)23-14-15-28(24,6)27(23,4)5/h10-13,16,22-23,30H,14-15,17-19H2,1-9H3. The maximum atomic E-state index is 13.0. The molecule has 2 aliphatic rings. The maximum absolute atomic E-state index is 13.0. The first-order chi connectivity index (χ1) is 15.1. The molecule has 5 heteroatoms. The number of fused-ring (bicyclic) bond motifs is 2. The van der Waals surface area contributed by atoms with Gasteiger partial charge in [0.15, 0.2) is 14.1 Å². The summed E-state index contributed by atoms with van der Waals surface area (Å²) in [6.45, 7) is 19.6. The summed E-state index contributed by atoms with van der Waals surface area (Å²) in [7, 11) is 0.183. The second-order valence-electron chi connectivity index (χ2n) is 12.7. The van der Waals surface area contributed by atoms with Crippen molar-refractivity contribution < 1.29 is 14.3 Å². The van der Waals surface area contributed by atoms with E-state index in [9.17, 15) is 9.90 Å². The van der Waals surface area contributed by atoms with Crippen LogP contribution in [0.25, 0.3) is 6.08 Å². The van der Waals surface area contributed by atoms with Crippen LogP contribution in [0.1, 0.15) is 65.5 Å². The number of hydrogen-bond acceptors (Lipinski definition) is 4. The summed E-state index contributed by atoms with van der Waals surface area (Å²) in [4.78, 5) is 15.1. The smallest absolute Gasteiger partial charge is 0.192 e. The van der Waals surface area contributed by atoms with Crippen LogP contribution in [0.15, 0.2) is 29.8 Å². The number of aliphatic hydroxyl groups excluding tert-OH is 1. The van der Waals surface area contributed by atoms with Crippen molar-refractivity contribution in [2.75, 3.05) is 20.2 Å². The Bertz CT molecular complexity index is 897. The van der Waals surface area contributed by atoms with Gasteiger partial charge in [-0.15, -0.1) is 0 Å². The fourth-order valence-electron chi connectivity index (χ4n) is 5.33. The van der Waals surface area contributed by atoms with Crippen LogP contribution in [0.5, 0.6) is 0 Å². The lowest BCUT2D eigenvalue weighted by molar-refractivity contribution is -0.119. The fraction of sp³-hybridized carbons (Fsp3) is 0.679. The molecule has 3 unspecified atom stereocenters. The number of Topliss-reactive ketones (excluding diaryl/α,β-unsaturated/α-hetero) is 1. The highest BCUT2D eigenvalue weighted by molar-refractivity contribution is 6.74. The SMILES string of the molecule is CN(Cc1ccc(C=C2C(=O)C3CCC2(C)C3(C)C)cc1)CC(O)CO[Si](C)(C)C(C)(C)C. The quantitative estimate of drug-likeness (QED) is 0.378. The van der Waals surface area contributed by atoms with Crippen LogP contribution in [-0.2, 0) is 15.8 Å². The number of carbonyl (C=O) groups excluding carboxylic acids is 1. The monoisotopic (exact) mass is 471 g/mol. The van der Waals surface area contributed by atoms with Gasteiger partial charge in [0.2, 0.25) is 0 Å². The number of nitrogens with zero attached hydrogens (tertiary/aromatic N) is 1. The third-order valence-electron chi connectivity index (χ3n) is 9.11. The molecule has 184 valence electrons. The second-order valence-corrected chi connectivity index (χ2v) is 17.5. The van der Waals surface area contributed by atoms with Gasteiger partial charge >= 0.3 is 0 Å². The molecule has 33 heavy (non-hydrogen) atoms. The predicted octanol–water partition coefficient (Wildman–Crippen LogP) is 5.91. The van der Waals surface area contributed by atoms with E-state index in [0.29, 0.717) is 18.9 Å². The Hall–Kier alpha value is -1.27. The first kappa shape index (κ1) is 26.3. The lowest BCUT2D eigenvalue weighted by Gasteiger charge is -2.37. The normalized spacial score (nSPS) is 27.1. The molecule has 0 amide bonds. The summed E-state index contributed by atoms with van der Waals surface area (Å²) in [5.74, 6) is 0.528. The van der Waals surface area contributed by atoms with Crippen molar-refractivity contribution in [1.29, 1.82) is 0 Å². The van der Waals surface area contributed by atoms with E-state index in [2.05, 4.69) is 89.9 Å². The van der Waals surface area contributed by atoms with Crippen LogP contribution < -0.4 is 0 Å². The third kappa shape index (κ3) is 5.07. The van der Waals surface area contributed by atoms with Gasteiger partial charge in [-0.1, -0.05) is 65.8 Å². The average molecular weight is 472 g/mol. The molecule has 3 rings (SSSR count). The Morgan fingerprint density at radius 3 is 2.33 bits per heavy atom. The van der Waals surface area contributed by atoms with Gasteiger partial charge in [-0.2, -0.15) is 0 Å². The summed E-state index contributed by atoms with van der Waals surface area (Å²) in [6.07, 6.45) is 3.75. The van der Waals surface area contributed by atoms with Gasteiger partial charge in [-0.3, -0.25) is 9.69 Å². The number of hydrogen-bond donors (Lipinski definition) is 1. The van der Waals surface area contributed by atoms with E-state index >= 15 is 0 Å². The van der Waals surface area contributed by atoms with Crippen LogP contribution in [0, 0.1) is 16.7 Å². The van der Waals surface area contributed by atoms with E-state index in [1.165, 1.54) is 5.56 Å². The summed E-state index contributed by atoms with van der Waals surface area (Å²) in [5.41, 5.74) is 3.34. The van der Waals surface area contributed by atoms with Crippen LogP contribution in [-0.4, -0.2) is 50.4 Å². The molecule has 0 saturated heterocycles. The molecule has 0 heterocycles. The number of likely N-dealkylation sites (N-methyl/N-ethyl adjacent to an activating group) is 1. The molecule has 4 nitrogen and oxygen atoms in total. The van der Waals surface area contributed by atoms with Gasteiger partial charge in [-0.25, -0.2) is 0 Å². The molecule has 2 bridgehead atoms. The number of allylic oxidation sites excluding steroid dienone is 1. The topological polar surface area (TPSA) is 49.8 Å². The minimum Gasteiger partial charge on any atom is -0.414 e. The molecule has 2 aliphatic carbocycles. The molecule has 0 aliphatic heterocycles. The van der Waals surface area contributed by atoms with E-state index in [0.717, 1.165) is 30.5 Å². The Balaban J connectivity index is 1.57. The molecule has 1 aromatic rings. The van der Waals surface area contributed by atoms with E-state index in [4.69, 9.17) is 4.43 Å². The Morgan fingerprint density at radius 2 is 1.82 bits per heavy atom. The Kier molecular flexibility index (Phi) is 7.23. The van der Waals surface area contributed by atoms with Gasteiger partial charge in [0, 0.05) is 30.0 Å². The minimum absolute atomic E-state index is 0.0176. The number of aliphatic hydroxyl groups is 1. The molecule has 2 fully saturated rings. The number of rotatable bonds is 8. The van der Waals surface area contributed by atoms with Crippen LogP contribution in [0.3, 0.4) is 0 Å². The molecular weight excluding hydrogens is 426 g/mol. The maximum Gasteiger partial charge on any atom is 0.192 e. The van der Waals surface area contributed by atoms with E-state index in [-0.39, 0.29) is 21.8 Å². The molecular formula is C28H45NO3Si. The molecule has 1 N–H and O–H groups in total. The van der Waals surface area contributed by atoms with Gasteiger partial charge in [0.1, 0.15) is 0 Å². The second kappa shape index (κ2) is 9.07. The molecule has 0 aromatic heterocycles. The van der Waals surface area contributed by atoms with Gasteiger partial charge in [0.05, 0.1) is 12.7 Å². The van der Waals surface area contributed by atoms with Crippen molar-refractivity contribution in [2.24, 2.45) is 16.7 Å². The van der Waals surface area contributed by atoms with Crippen molar-refractivity contribution in [3.8, 4) is 0 Å². The average Bonchev–Trinajstić information content (AvgIpc) is 3.00. The summed E-state index contributed by atoms with van der Waals surface area (Å²) in [5, 5.41) is 10.6. The minimum atomic E-state index is -1.85. The summed E-state index contributed by atoms with van der Waals surface area (Å²) >= 11 is 0. The number of carbonyl (C=O) groups is 1. The molecule has 0 spiro atoms. The van der Waals surface area contributed by atoms with Crippen molar-refractivity contribution in [2.45, 2.75) is 85.2 Å². The largest absolute Gasteiger partial charge is 0.414 e. The van der Waals surface area contributed by atoms with Crippen LogP contribution in [0.4, 0.5) is 0 Å². The summed E-state index contributed by atoms with van der Waals surface area (Å²) in [6, 6.07) is 8.49. The predicted molar refractivity (Wildman–Crippen MR) is 140 cm³/mol. The Morgan fingerprint density at radius 1 is 1.21 bits per heavy atom. The van der Waals surface area contributed by atoms with Crippen molar-refractivity contribution >= 4 is 20.2 Å². The Labute approximate surface area is 202 Å². The third-order valence-corrected chi connectivity index (χ3v) is 13.6. The molecule has 3 atom stereocenters. The van der Waals surface area contributed by atoms with Crippen molar-refractivity contribution in [1.82, 2.24) is 4.90 Å². The van der Waals surface area contributed by atoms with Crippen molar-refractivity contribution in [3.63, 3.8) is 0 Å². The van der Waals surface area contributed by atoms with Crippen LogP contribution in [0.2, 0.25) is 18.1 Å². The van der Waals surface area contributed by atoms with Gasteiger partial charge < -0.3 is 9.53 Å². The zero-order chi connectivity index (χ0) is 24.8. The first-order valence-electron chi connectivity index (χ1n) is 12.4. The molecule has 2 saturated carbocycles. The van der Waals surface area contributed by atoms with Gasteiger partial charge in [-0.05, 0) is 60.6 Å². The van der Waals surface area contributed by atoms with Gasteiger partial charge in [0.25, 0.3) is 0 Å². The zero-order valence-electron chi connectivity index (χ0n) is 22.3. The van der Waals surface area contributed by atoms with Crippen molar-refractivity contribution in [3.05, 3.63) is 41.0 Å². The number of benzene rings is 1. The van der Waals surface area contributed by atoms with E-state index in [1.807, 2.05) is 7.05 Å². The van der Waals surface area contributed by atoms with Crippen LogP contribution >= 0.6 is 0 Å². The van der Waals surface area contributed by atoms with E-state index < -0.39 is 14.4 Å². The highest BCUT2D eigenvalue weighted by Gasteiger charge is 2.63.